The van der Waals surface area contributed by atoms with Crippen molar-refractivity contribution in [3.05, 3.63) is 41.4 Å². The quantitative estimate of drug-likeness (QED) is 0.839. The Labute approximate surface area is 145 Å². The summed E-state index contributed by atoms with van der Waals surface area (Å²) in [6, 6.07) is 4.70. The van der Waals surface area contributed by atoms with Gasteiger partial charge in [-0.1, -0.05) is 18.2 Å². The largest absolute Gasteiger partial charge is 0.377 e. The number of carbonyl (C=O) groups is 2. The molecule has 24 heavy (non-hydrogen) atoms. The monoisotopic (exact) mass is 349 g/mol. The van der Waals surface area contributed by atoms with Crippen LogP contribution in [0, 0.1) is 0 Å². The maximum absolute atomic E-state index is 12.2. The van der Waals surface area contributed by atoms with Crippen molar-refractivity contribution in [2.24, 2.45) is 5.73 Å². The molecule has 2 heterocycles. The first-order chi connectivity index (χ1) is 11.5. The summed E-state index contributed by atoms with van der Waals surface area (Å²) in [7, 11) is 0. The van der Waals surface area contributed by atoms with Gasteiger partial charge < -0.3 is 20.3 Å². The highest BCUT2D eigenvalue weighted by Crippen LogP contribution is 2.32. The standard InChI is InChI=1S/C17H20ClN3O3/c1-2-16(22)21-5-6-24-10-15(21)11-7-12(18)9-13(8-11)20-4-3-14(19)17(20)23/h2,7-9,14-15H,1,3-6,10,19H2/t14?,15-/m0/s1. The van der Waals surface area contributed by atoms with E-state index in [-0.39, 0.29) is 17.9 Å². The second-order valence-corrected chi connectivity index (χ2v) is 6.39. The normalized spacial score (nSPS) is 24.3. The Morgan fingerprint density at radius 2 is 2.17 bits per heavy atom. The van der Waals surface area contributed by atoms with E-state index in [4.69, 9.17) is 22.1 Å². The molecule has 3 rings (SSSR count). The van der Waals surface area contributed by atoms with E-state index in [1.54, 1.807) is 21.9 Å². The molecule has 7 heteroatoms. The van der Waals surface area contributed by atoms with E-state index in [9.17, 15) is 9.59 Å². The number of morpholine rings is 1. The van der Waals surface area contributed by atoms with Gasteiger partial charge in [0.1, 0.15) is 0 Å². The number of rotatable bonds is 3. The van der Waals surface area contributed by atoms with Crippen LogP contribution in [0.3, 0.4) is 0 Å². The molecule has 1 aromatic carbocycles. The lowest BCUT2D eigenvalue weighted by Crippen LogP contribution is -2.42. The van der Waals surface area contributed by atoms with Gasteiger partial charge in [0.15, 0.2) is 0 Å². The van der Waals surface area contributed by atoms with E-state index >= 15 is 0 Å². The van der Waals surface area contributed by atoms with E-state index in [0.29, 0.717) is 43.4 Å². The van der Waals surface area contributed by atoms with Gasteiger partial charge in [0.05, 0.1) is 25.3 Å². The Hall–Kier alpha value is -1.89. The van der Waals surface area contributed by atoms with Gasteiger partial charge in [0, 0.05) is 23.8 Å². The average molecular weight is 350 g/mol. The summed E-state index contributed by atoms with van der Waals surface area (Å²) in [6.45, 7) is 5.48. The number of amides is 2. The number of halogens is 1. The molecule has 2 saturated heterocycles. The van der Waals surface area contributed by atoms with E-state index in [1.807, 2.05) is 6.07 Å². The number of benzene rings is 1. The van der Waals surface area contributed by atoms with Crippen molar-refractivity contribution in [3.63, 3.8) is 0 Å². The highest BCUT2D eigenvalue weighted by molar-refractivity contribution is 6.31. The predicted octanol–water partition coefficient (Wildman–Crippen LogP) is 1.49. The first kappa shape index (κ1) is 17.0. The maximum Gasteiger partial charge on any atom is 0.246 e. The fourth-order valence-corrected chi connectivity index (χ4v) is 3.40. The first-order valence-corrected chi connectivity index (χ1v) is 8.27. The Morgan fingerprint density at radius 1 is 1.38 bits per heavy atom. The minimum atomic E-state index is -0.468. The van der Waals surface area contributed by atoms with E-state index in [2.05, 4.69) is 6.58 Å². The van der Waals surface area contributed by atoms with Crippen molar-refractivity contribution in [3.8, 4) is 0 Å². The van der Waals surface area contributed by atoms with Crippen LogP contribution in [0.2, 0.25) is 5.02 Å². The van der Waals surface area contributed by atoms with Gasteiger partial charge in [-0.15, -0.1) is 0 Å². The van der Waals surface area contributed by atoms with Crippen molar-refractivity contribution in [1.29, 1.82) is 0 Å². The molecule has 2 fully saturated rings. The van der Waals surface area contributed by atoms with Gasteiger partial charge in [-0.05, 0) is 36.3 Å². The summed E-state index contributed by atoms with van der Waals surface area (Å²) in [5, 5.41) is 0.507. The van der Waals surface area contributed by atoms with Crippen LogP contribution < -0.4 is 10.6 Å². The van der Waals surface area contributed by atoms with E-state index in [1.165, 1.54) is 6.08 Å². The van der Waals surface area contributed by atoms with Crippen molar-refractivity contribution in [2.45, 2.75) is 18.5 Å². The molecule has 0 spiro atoms. The van der Waals surface area contributed by atoms with Crippen LogP contribution >= 0.6 is 11.6 Å². The third-order valence-electron chi connectivity index (χ3n) is 4.43. The fraction of sp³-hybridized carbons (Fsp3) is 0.412. The molecule has 0 aliphatic carbocycles. The van der Waals surface area contributed by atoms with Crippen LogP contribution in [0.15, 0.2) is 30.9 Å². The molecular formula is C17H20ClN3O3. The number of anilines is 1. The van der Waals surface area contributed by atoms with Gasteiger partial charge >= 0.3 is 0 Å². The number of nitrogens with two attached hydrogens (primary N) is 1. The second-order valence-electron chi connectivity index (χ2n) is 5.95. The Bertz CT molecular complexity index is 679. The number of hydrogen-bond acceptors (Lipinski definition) is 4. The third kappa shape index (κ3) is 3.17. The highest BCUT2D eigenvalue weighted by Gasteiger charge is 2.32. The molecule has 128 valence electrons. The lowest BCUT2D eigenvalue weighted by molar-refractivity contribution is -0.134. The summed E-state index contributed by atoms with van der Waals surface area (Å²) in [6.07, 6.45) is 1.92. The molecule has 0 radical (unpaired) electrons. The molecule has 6 nitrogen and oxygen atoms in total. The molecule has 2 atom stereocenters. The third-order valence-corrected chi connectivity index (χ3v) is 4.65. The molecular weight excluding hydrogens is 330 g/mol. The molecule has 1 unspecified atom stereocenters. The van der Waals surface area contributed by atoms with Gasteiger partial charge in [0.2, 0.25) is 11.8 Å². The number of ether oxygens (including phenoxy) is 1. The first-order valence-electron chi connectivity index (χ1n) is 7.89. The maximum atomic E-state index is 12.2. The zero-order valence-electron chi connectivity index (χ0n) is 13.3. The van der Waals surface area contributed by atoms with Crippen molar-refractivity contribution in [1.82, 2.24) is 4.90 Å². The average Bonchev–Trinajstić information content (AvgIpc) is 2.93. The summed E-state index contributed by atoms with van der Waals surface area (Å²) in [4.78, 5) is 27.6. The van der Waals surface area contributed by atoms with Gasteiger partial charge in [0.25, 0.3) is 0 Å². The minimum Gasteiger partial charge on any atom is -0.377 e. The SMILES string of the molecule is C=CC(=O)N1CCOC[C@H]1c1cc(Cl)cc(N2CCC(N)C2=O)c1. The van der Waals surface area contributed by atoms with Crippen LogP contribution in [0.5, 0.6) is 0 Å². The zero-order chi connectivity index (χ0) is 17.3. The topological polar surface area (TPSA) is 75.9 Å². The smallest absolute Gasteiger partial charge is 0.246 e. The fourth-order valence-electron chi connectivity index (χ4n) is 3.16. The Balaban J connectivity index is 1.94. The molecule has 0 aromatic heterocycles. The molecule has 2 aliphatic heterocycles. The van der Waals surface area contributed by atoms with Crippen molar-refractivity contribution < 1.29 is 14.3 Å². The van der Waals surface area contributed by atoms with Crippen molar-refractivity contribution in [2.75, 3.05) is 31.2 Å². The predicted molar refractivity (Wildman–Crippen MR) is 91.9 cm³/mol. The van der Waals surface area contributed by atoms with Crippen LogP contribution in [0.4, 0.5) is 5.69 Å². The van der Waals surface area contributed by atoms with Gasteiger partial charge in [-0.25, -0.2) is 0 Å². The summed E-state index contributed by atoms with van der Waals surface area (Å²) >= 11 is 6.26. The van der Waals surface area contributed by atoms with E-state index < -0.39 is 6.04 Å². The number of hydrogen-bond donors (Lipinski definition) is 1. The van der Waals surface area contributed by atoms with Gasteiger partial charge in [-0.3, -0.25) is 9.59 Å². The summed E-state index contributed by atoms with van der Waals surface area (Å²) in [5.74, 6) is -0.258. The molecule has 1 aromatic rings. The lowest BCUT2D eigenvalue weighted by Gasteiger charge is -2.35. The number of carbonyl (C=O) groups excluding carboxylic acids is 2. The highest BCUT2D eigenvalue weighted by atomic mass is 35.5. The van der Waals surface area contributed by atoms with Crippen molar-refractivity contribution >= 4 is 29.1 Å². The second kappa shape index (κ2) is 6.93. The molecule has 2 N–H and O–H groups in total. The van der Waals surface area contributed by atoms with Crippen LogP contribution in [0.1, 0.15) is 18.0 Å². The summed E-state index contributed by atoms with van der Waals surface area (Å²) < 4.78 is 5.53. The van der Waals surface area contributed by atoms with Gasteiger partial charge in [-0.2, -0.15) is 0 Å². The van der Waals surface area contributed by atoms with Crippen LogP contribution in [0.25, 0.3) is 0 Å². The van der Waals surface area contributed by atoms with E-state index in [0.717, 1.165) is 5.56 Å². The zero-order valence-corrected chi connectivity index (χ0v) is 14.0. The molecule has 2 amide bonds. The minimum absolute atomic E-state index is 0.109. The number of nitrogens with zero attached hydrogens (tertiary/aromatic N) is 2. The molecule has 0 saturated carbocycles. The van der Waals surface area contributed by atoms with Crippen LogP contribution in [-0.2, 0) is 14.3 Å². The summed E-state index contributed by atoms with van der Waals surface area (Å²) in [5.41, 5.74) is 7.33. The lowest BCUT2D eigenvalue weighted by atomic mass is 10.0. The molecule has 2 aliphatic rings. The molecule has 0 bridgehead atoms. The Morgan fingerprint density at radius 3 is 2.83 bits per heavy atom. The Kier molecular flexibility index (Phi) is 4.89. The van der Waals surface area contributed by atoms with Crippen LogP contribution in [-0.4, -0.2) is 49.1 Å².